The molecule has 0 saturated carbocycles. The van der Waals surface area contributed by atoms with Crippen LogP contribution in [0.2, 0.25) is 0 Å². The molecule has 7 heteroatoms. The van der Waals surface area contributed by atoms with Gasteiger partial charge in [0.05, 0.1) is 27.4 Å². The summed E-state index contributed by atoms with van der Waals surface area (Å²) in [7, 11) is 3.08. The maximum absolute atomic E-state index is 12.3. The molecule has 1 atom stereocenters. The second kappa shape index (κ2) is 7.64. The maximum atomic E-state index is 12.3. The summed E-state index contributed by atoms with van der Waals surface area (Å²) in [5.74, 6) is -0.241. The van der Waals surface area contributed by atoms with Gasteiger partial charge in [0.25, 0.3) is 0 Å². The zero-order valence-electron chi connectivity index (χ0n) is 13.0. The highest BCUT2D eigenvalue weighted by Crippen LogP contribution is 2.23. The SMILES string of the molecule is COc1cc(/C=C/C(=O)N2CCOCC2C(=O)O)cc(OC)c1. The average Bonchev–Trinajstić information content (AvgIpc) is 2.59. The van der Waals surface area contributed by atoms with E-state index in [2.05, 4.69) is 0 Å². The number of methoxy groups -OCH3 is 2. The molecule has 1 unspecified atom stereocenters. The van der Waals surface area contributed by atoms with Crippen molar-refractivity contribution in [3.8, 4) is 11.5 Å². The Morgan fingerprint density at radius 3 is 2.48 bits per heavy atom. The van der Waals surface area contributed by atoms with Gasteiger partial charge in [-0.1, -0.05) is 0 Å². The van der Waals surface area contributed by atoms with Crippen LogP contribution in [-0.2, 0) is 14.3 Å². The predicted octanol–water partition coefficient (Wildman–Crippen LogP) is 1.03. The van der Waals surface area contributed by atoms with Gasteiger partial charge in [-0.05, 0) is 23.8 Å². The first-order chi connectivity index (χ1) is 11.0. The lowest BCUT2D eigenvalue weighted by Crippen LogP contribution is -2.52. The van der Waals surface area contributed by atoms with E-state index in [0.717, 1.165) is 5.56 Å². The third kappa shape index (κ3) is 4.23. The van der Waals surface area contributed by atoms with Crippen LogP contribution >= 0.6 is 0 Å². The molecular weight excluding hydrogens is 302 g/mol. The van der Waals surface area contributed by atoms with Gasteiger partial charge >= 0.3 is 5.97 Å². The Bertz CT molecular complexity index is 590. The number of carbonyl (C=O) groups excluding carboxylic acids is 1. The smallest absolute Gasteiger partial charge is 0.328 e. The Hall–Kier alpha value is -2.54. The van der Waals surface area contributed by atoms with Crippen LogP contribution in [-0.4, -0.2) is 61.9 Å². The maximum Gasteiger partial charge on any atom is 0.328 e. The van der Waals surface area contributed by atoms with Crippen LogP contribution in [0.3, 0.4) is 0 Å². The molecule has 0 spiro atoms. The molecule has 124 valence electrons. The molecule has 0 bridgehead atoms. The molecule has 7 nitrogen and oxygen atoms in total. The summed E-state index contributed by atoms with van der Waals surface area (Å²) in [6.45, 7) is 0.583. The topological polar surface area (TPSA) is 85.3 Å². The molecule has 1 aromatic carbocycles. The van der Waals surface area contributed by atoms with E-state index in [1.165, 1.54) is 11.0 Å². The van der Waals surface area contributed by atoms with E-state index < -0.39 is 12.0 Å². The summed E-state index contributed by atoms with van der Waals surface area (Å²) < 4.78 is 15.4. The van der Waals surface area contributed by atoms with Gasteiger partial charge in [-0.3, -0.25) is 4.79 Å². The summed E-state index contributed by atoms with van der Waals surface area (Å²) in [5, 5.41) is 9.15. The number of carboxylic acid groups (broad SMARTS) is 1. The van der Waals surface area contributed by atoms with Crippen LogP contribution in [0.25, 0.3) is 6.08 Å². The Morgan fingerprint density at radius 2 is 1.91 bits per heavy atom. The zero-order chi connectivity index (χ0) is 16.8. The van der Waals surface area contributed by atoms with Gasteiger partial charge in [0.2, 0.25) is 5.91 Å². The number of carboxylic acids is 1. The summed E-state index contributed by atoms with van der Waals surface area (Å²) >= 11 is 0. The highest BCUT2D eigenvalue weighted by atomic mass is 16.5. The highest BCUT2D eigenvalue weighted by molar-refractivity contribution is 5.94. The molecule has 1 saturated heterocycles. The molecule has 0 radical (unpaired) electrons. The Balaban J connectivity index is 2.15. The number of nitrogens with zero attached hydrogens (tertiary/aromatic N) is 1. The van der Waals surface area contributed by atoms with E-state index in [4.69, 9.17) is 19.3 Å². The summed E-state index contributed by atoms with van der Waals surface area (Å²) in [5.41, 5.74) is 0.717. The number of aliphatic carboxylic acids is 1. The molecule has 1 aliphatic heterocycles. The Labute approximate surface area is 134 Å². The number of hydrogen-bond donors (Lipinski definition) is 1. The fourth-order valence-corrected chi connectivity index (χ4v) is 2.26. The molecule has 0 aliphatic carbocycles. The number of morpholine rings is 1. The van der Waals surface area contributed by atoms with Crippen LogP contribution in [0, 0.1) is 0 Å². The highest BCUT2D eigenvalue weighted by Gasteiger charge is 2.31. The fraction of sp³-hybridized carbons (Fsp3) is 0.375. The molecule has 1 fully saturated rings. The molecule has 2 rings (SSSR count). The van der Waals surface area contributed by atoms with Gasteiger partial charge in [-0.2, -0.15) is 0 Å². The molecule has 23 heavy (non-hydrogen) atoms. The predicted molar refractivity (Wildman–Crippen MR) is 82.5 cm³/mol. The standard InChI is InChI=1S/C16H19NO6/c1-21-12-7-11(8-13(9-12)22-2)3-4-15(18)17-5-6-23-10-14(17)16(19)20/h3-4,7-9,14H,5-6,10H2,1-2H3,(H,19,20)/b4-3+. The van der Waals surface area contributed by atoms with Crippen molar-refractivity contribution in [3.63, 3.8) is 0 Å². The van der Waals surface area contributed by atoms with Crippen molar-refractivity contribution in [2.24, 2.45) is 0 Å². The lowest BCUT2D eigenvalue weighted by Gasteiger charge is -2.32. The largest absolute Gasteiger partial charge is 0.497 e. The van der Waals surface area contributed by atoms with Gasteiger partial charge in [0, 0.05) is 18.7 Å². The monoisotopic (exact) mass is 321 g/mol. The average molecular weight is 321 g/mol. The Morgan fingerprint density at radius 1 is 1.26 bits per heavy atom. The summed E-state index contributed by atoms with van der Waals surface area (Å²) in [6, 6.07) is 4.27. The van der Waals surface area contributed by atoms with Crippen molar-refractivity contribution in [2.75, 3.05) is 34.0 Å². The van der Waals surface area contributed by atoms with E-state index in [9.17, 15) is 9.59 Å². The van der Waals surface area contributed by atoms with E-state index in [1.54, 1.807) is 38.5 Å². The minimum atomic E-state index is -1.07. The van der Waals surface area contributed by atoms with Crippen LogP contribution in [0.1, 0.15) is 5.56 Å². The van der Waals surface area contributed by atoms with Crippen molar-refractivity contribution in [1.29, 1.82) is 0 Å². The van der Waals surface area contributed by atoms with E-state index >= 15 is 0 Å². The zero-order valence-corrected chi connectivity index (χ0v) is 13.0. The van der Waals surface area contributed by atoms with Crippen molar-refractivity contribution in [1.82, 2.24) is 4.90 Å². The van der Waals surface area contributed by atoms with Gasteiger partial charge in [-0.25, -0.2) is 4.79 Å². The lowest BCUT2D eigenvalue weighted by molar-refractivity contribution is -0.156. The fourth-order valence-electron chi connectivity index (χ4n) is 2.26. The Kier molecular flexibility index (Phi) is 5.59. The second-order valence-corrected chi connectivity index (χ2v) is 4.94. The van der Waals surface area contributed by atoms with Crippen molar-refractivity contribution in [2.45, 2.75) is 6.04 Å². The summed E-state index contributed by atoms with van der Waals surface area (Å²) in [6.07, 6.45) is 2.94. The first-order valence-corrected chi connectivity index (χ1v) is 7.07. The number of carbonyl (C=O) groups is 2. The molecule has 1 amide bonds. The summed E-state index contributed by atoms with van der Waals surface area (Å²) in [4.78, 5) is 24.7. The molecular formula is C16H19NO6. The van der Waals surface area contributed by atoms with E-state index in [1.807, 2.05) is 0 Å². The quantitative estimate of drug-likeness (QED) is 0.815. The van der Waals surface area contributed by atoms with E-state index in [-0.39, 0.29) is 19.1 Å². The number of rotatable bonds is 5. The van der Waals surface area contributed by atoms with Crippen molar-refractivity contribution < 1.29 is 28.9 Å². The molecule has 1 aliphatic rings. The number of ether oxygens (including phenoxy) is 3. The first kappa shape index (κ1) is 16.8. The van der Waals surface area contributed by atoms with Crippen LogP contribution in [0.15, 0.2) is 24.3 Å². The van der Waals surface area contributed by atoms with Crippen LogP contribution in [0.5, 0.6) is 11.5 Å². The van der Waals surface area contributed by atoms with Gasteiger partial charge in [0.1, 0.15) is 11.5 Å². The molecule has 1 heterocycles. The van der Waals surface area contributed by atoms with Gasteiger partial charge in [-0.15, -0.1) is 0 Å². The number of benzene rings is 1. The second-order valence-electron chi connectivity index (χ2n) is 4.94. The third-order valence-corrected chi connectivity index (χ3v) is 3.49. The van der Waals surface area contributed by atoms with Gasteiger partial charge < -0.3 is 24.2 Å². The number of hydrogen-bond acceptors (Lipinski definition) is 5. The molecule has 0 aromatic heterocycles. The lowest BCUT2D eigenvalue weighted by atomic mass is 10.1. The molecule has 1 aromatic rings. The van der Waals surface area contributed by atoms with Crippen molar-refractivity contribution in [3.05, 3.63) is 29.8 Å². The first-order valence-electron chi connectivity index (χ1n) is 7.07. The van der Waals surface area contributed by atoms with Crippen LogP contribution < -0.4 is 9.47 Å². The minimum Gasteiger partial charge on any atom is -0.497 e. The third-order valence-electron chi connectivity index (χ3n) is 3.49. The normalized spacial score (nSPS) is 18.0. The van der Waals surface area contributed by atoms with Crippen molar-refractivity contribution >= 4 is 18.0 Å². The molecule has 1 N–H and O–H groups in total. The van der Waals surface area contributed by atoms with Gasteiger partial charge in [0.15, 0.2) is 6.04 Å². The minimum absolute atomic E-state index is 0.00188. The van der Waals surface area contributed by atoms with E-state index in [0.29, 0.717) is 18.1 Å². The number of amides is 1. The van der Waals surface area contributed by atoms with Crippen LogP contribution in [0.4, 0.5) is 0 Å².